The van der Waals surface area contributed by atoms with Crippen LogP contribution in [0.4, 0.5) is 0 Å². The summed E-state index contributed by atoms with van der Waals surface area (Å²) in [5, 5.41) is 0. The highest BCUT2D eigenvalue weighted by molar-refractivity contribution is 5.71. The zero-order chi connectivity index (χ0) is 50.0. The number of unbranched alkanes of at least 4 members (excludes halogenated alkanes) is 21. The molecular formula is C63H104O6. The van der Waals surface area contributed by atoms with Crippen molar-refractivity contribution < 1.29 is 28.6 Å². The van der Waals surface area contributed by atoms with Crippen LogP contribution in [0.3, 0.4) is 0 Å². The van der Waals surface area contributed by atoms with Crippen molar-refractivity contribution in [1.82, 2.24) is 0 Å². The quantitative estimate of drug-likeness (QED) is 0.0262. The van der Waals surface area contributed by atoms with E-state index < -0.39 is 6.10 Å². The largest absolute Gasteiger partial charge is 0.462 e. The third-order valence-corrected chi connectivity index (χ3v) is 11.7. The van der Waals surface area contributed by atoms with Gasteiger partial charge in [0.1, 0.15) is 13.2 Å². The van der Waals surface area contributed by atoms with Crippen molar-refractivity contribution in [2.75, 3.05) is 13.2 Å². The summed E-state index contributed by atoms with van der Waals surface area (Å²) < 4.78 is 16.8. The summed E-state index contributed by atoms with van der Waals surface area (Å²) >= 11 is 0. The minimum Gasteiger partial charge on any atom is -0.462 e. The van der Waals surface area contributed by atoms with Gasteiger partial charge in [-0.25, -0.2) is 0 Å². The Morgan fingerprint density at radius 3 is 0.957 bits per heavy atom. The first kappa shape index (κ1) is 65.1. The number of hydrogen-bond donors (Lipinski definition) is 0. The molecule has 0 radical (unpaired) electrons. The first-order chi connectivity index (χ1) is 34.0. The predicted molar refractivity (Wildman–Crippen MR) is 297 cm³/mol. The highest BCUT2D eigenvalue weighted by Crippen LogP contribution is 2.14. The summed E-state index contributed by atoms with van der Waals surface area (Å²) in [7, 11) is 0. The average Bonchev–Trinajstić information content (AvgIpc) is 3.35. The van der Waals surface area contributed by atoms with Crippen LogP contribution < -0.4 is 0 Å². The van der Waals surface area contributed by atoms with E-state index in [1.165, 1.54) is 89.9 Å². The van der Waals surface area contributed by atoms with Gasteiger partial charge in [-0.3, -0.25) is 14.4 Å². The van der Waals surface area contributed by atoms with E-state index in [0.717, 1.165) is 116 Å². The highest BCUT2D eigenvalue weighted by atomic mass is 16.6. The Morgan fingerprint density at radius 2 is 0.580 bits per heavy atom. The Morgan fingerprint density at radius 1 is 0.304 bits per heavy atom. The number of hydrogen-bond acceptors (Lipinski definition) is 6. The summed E-state index contributed by atoms with van der Waals surface area (Å²) in [6.07, 6.45) is 76.5. The van der Waals surface area contributed by atoms with Crippen LogP contribution in [0, 0.1) is 0 Å². The first-order valence-corrected chi connectivity index (χ1v) is 28.4. The third-order valence-electron chi connectivity index (χ3n) is 11.7. The number of esters is 3. The number of allylic oxidation sites excluding steroid dienone is 18. The molecule has 0 bridgehead atoms. The molecule has 0 rings (SSSR count). The number of ether oxygens (including phenoxy) is 3. The van der Waals surface area contributed by atoms with E-state index in [9.17, 15) is 14.4 Å². The molecule has 0 aromatic heterocycles. The lowest BCUT2D eigenvalue weighted by Gasteiger charge is -2.18. The topological polar surface area (TPSA) is 78.9 Å². The molecule has 0 aliphatic rings. The zero-order valence-corrected chi connectivity index (χ0v) is 44.8. The van der Waals surface area contributed by atoms with Gasteiger partial charge in [-0.1, -0.05) is 226 Å². The van der Waals surface area contributed by atoms with Gasteiger partial charge < -0.3 is 14.2 Å². The van der Waals surface area contributed by atoms with Gasteiger partial charge in [-0.05, 0) is 116 Å². The number of carbonyl (C=O) groups excluding carboxylic acids is 3. The van der Waals surface area contributed by atoms with Gasteiger partial charge in [-0.15, -0.1) is 0 Å². The second kappa shape index (κ2) is 56.7. The van der Waals surface area contributed by atoms with Gasteiger partial charge in [0, 0.05) is 19.3 Å². The van der Waals surface area contributed by atoms with Crippen molar-refractivity contribution in [3.05, 3.63) is 109 Å². The van der Waals surface area contributed by atoms with Crippen molar-refractivity contribution in [3.8, 4) is 0 Å². The van der Waals surface area contributed by atoms with Gasteiger partial charge >= 0.3 is 17.9 Å². The van der Waals surface area contributed by atoms with Crippen LogP contribution in [0.15, 0.2) is 109 Å². The van der Waals surface area contributed by atoms with Crippen LogP contribution in [0.5, 0.6) is 0 Å². The molecule has 392 valence electrons. The number of carbonyl (C=O) groups is 3. The standard InChI is InChI=1S/C63H104O6/c1-4-7-10-13-16-19-22-25-28-30-31-33-36-38-41-44-47-50-53-56-62(65)68-59-60(69-63(66)57-54-51-48-45-42-39-34-27-24-21-18-15-12-9-6-3)58-67-61(64)55-52-49-46-43-40-37-35-32-29-26-23-20-17-14-11-8-5-2/h8-9,11-12,17-18,20-21,25-29,34-35,37,43,46,60H,4-7,10,13-16,19,22-24,30-33,36,38-42,44-45,47-59H2,1-3H3/b11-8-,12-9-,20-17-,21-18-,28-25-,29-26-,34-27-,37-35-,46-43-/t60-/m1/s1. The Kier molecular flexibility index (Phi) is 53.4. The van der Waals surface area contributed by atoms with Crippen molar-refractivity contribution in [2.24, 2.45) is 0 Å². The van der Waals surface area contributed by atoms with E-state index in [4.69, 9.17) is 14.2 Å². The lowest BCUT2D eigenvalue weighted by atomic mass is 10.1. The molecule has 0 amide bonds. The van der Waals surface area contributed by atoms with E-state index in [1.807, 2.05) is 0 Å². The highest BCUT2D eigenvalue weighted by Gasteiger charge is 2.19. The van der Waals surface area contributed by atoms with Crippen LogP contribution >= 0.6 is 0 Å². The van der Waals surface area contributed by atoms with Gasteiger partial charge in [0.25, 0.3) is 0 Å². The van der Waals surface area contributed by atoms with Gasteiger partial charge in [0.05, 0.1) is 0 Å². The average molecular weight is 958 g/mol. The van der Waals surface area contributed by atoms with Crippen molar-refractivity contribution in [3.63, 3.8) is 0 Å². The second-order valence-electron chi connectivity index (χ2n) is 18.4. The smallest absolute Gasteiger partial charge is 0.306 e. The Labute approximate surface area is 425 Å². The fourth-order valence-electron chi connectivity index (χ4n) is 7.55. The van der Waals surface area contributed by atoms with Crippen LogP contribution in [0.2, 0.25) is 0 Å². The van der Waals surface area contributed by atoms with E-state index >= 15 is 0 Å². The molecule has 0 heterocycles. The molecule has 6 nitrogen and oxygen atoms in total. The molecule has 0 aromatic rings. The molecule has 0 saturated carbocycles. The van der Waals surface area contributed by atoms with E-state index in [0.29, 0.717) is 19.3 Å². The molecule has 0 aliphatic carbocycles. The molecule has 0 fully saturated rings. The predicted octanol–water partition coefficient (Wildman–Crippen LogP) is 19.1. The maximum Gasteiger partial charge on any atom is 0.306 e. The van der Waals surface area contributed by atoms with Crippen molar-refractivity contribution >= 4 is 17.9 Å². The Hall–Kier alpha value is -3.93. The van der Waals surface area contributed by atoms with Gasteiger partial charge in [0.2, 0.25) is 0 Å². The molecule has 0 saturated heterocycles. The molecule has 0 aromatic carbocycles. The minimum atomic E-state index is -0.813. The third kappa shape index (κ3) is 54.9. The van der Waals surface area contributed by atoms with Gasteiger partial charge in [0.15, 0.2) is 6.10 Å². The molecule has 0 unspecified atom stereocenters. The normalized spacial score (nSPS) is 12.9. The fourth-order valence-corrected chi connectivity index (χ4v) is 7.55. The first-order valence-electron chi connectivity index (χ1n) is 28.4. The maximum absolute atomic E-state index is 12.8. The lowest BCUT2D eigenvalue weighted by molar-refractivity contribution is -0.167. The summed E-state index contributed by atoms with van der Waals surface area (Å²) in [6, 6.07) is 0. The summed E-state index contributed by atoms with van der Waals surface area (Å²) in [6.45, 7) is 6.35. The maximum atomic E-state index is 12.8. The summed E-state index contributed by atoms with van der Waals surface area (Å²) in [5.74, 6) is -0.985. The molecule has 1 atom stereocenters. The van der Waals surface area contributed by atoms with E-state index in [-0.39, 0.29) is 37.5 Å². The summed E-state index contributed by atoms with van der Waals surface area (Å²) in [5.41, 5.74) is 0. The lowest BCUT2D eigenvalue weighted by Crippen LogP contribution is -2.30. The van der Waals surface area contributed by atoms with Gasteiger partial charge in [-0.2, -0.15) is 0 Å². The second-order valence-corrected chi connectivity index (χ2v) is 18.4. The zero-order valence-electron chi connectivity index (χ0n) is 44.8. The van der Waals surface area contributed by atoms with E-state index in [2.05, 4.69) is 130 Å². The van der Waals surface area contributed by atoms with Crippen LogP contribution in [-0.4, -0.2) is 37.2 Å². The molecule has 6 heteroatoms. The van der Waals surface area contributed by atoms with Crippen LogP contribution in [0.25, 0.3) is 0 Å². The summed E-state index contributed by atoms with van der Waals surface area (Å²) in [4.78, 5) is 38.1. The Balaban J connectivity index is 4.48. The molecule has 0 aliphatic heterocycles. The number of rotatable bonds is 50. The molecule has 69 heavy (non-hydrogen) atoms. The minimum absolute atomic E-state index is 0.105. The van der Waals surface area contributed by atoms with Crippen LogP contribution in [-0.2, 0) is 28.6 Å². The Bertz CT molecular complexity index is 1420. The van der Waals surface area contributed by atoms with E-state index in [1.54, 1.807) is 0 Å². The molecule has 0 spiro atoms. The molecule has 0 N–H and O–H groups in total. The van der Waals surface area contributed by atoms with Crippen LogP contribution in [0.1, 0.15) is 252 Å². The van der Waals surface area contributed by atoms with Crippen molar-refractivity contribution in [1.29, 1.82) is 0 Å². The monoisotopic (exact) mass is 957 g/mol. The van der Waals surface area contributed by atoms with Crippen molar-refractivity contribution in [2.45, 2.75) is 258 Å². The fraction of sp³-hybridized carbons (Fsp3) is 0.667. The molecular weight excluding hydrogens is 853 g/mol. The SMILES string of the molecule is CC/C=C\C/C=C\C/C=C\C/C=C\C/C=C\CCCC(=O)OC[C@H](COC(=O)CCCCCCCCCCC/C=C\CCCCCCCC)OC(=O)CCCCCCC/C=C\C/C=C\C/C=C\CC.